The number of carbonyl (C=O) groups is 3. The molecule has 33 heavy (non-hydrogen) atoms. The van der Waals surface area contributed by atoms with E-state index in [0.717, 1.165) is 22.3 Å². The Morgan fingerprint density at radius 3 is 2.24 bits per heavy atom. The normalized spacial score (nSPS) is 19.7. The van der Waals surface area contributed by atoms with Crippen molar-refractivity contribution in [1.29, 1.82) is 0 Å². The van der Waals surface area contributed by atoms with Crippen molar-refractivity contribution >= 4 is 29.7 Å². The highest BCUT2D eigenvalue weighted by Crippen LogP contribution is 2.44. The van der Waals surface area contributed by atoms with Gasteiger partial charge in [-0.1, -0.05) is 48.5 Å². The van der Waals surface area contributed by atoms with Crippen LogP contribution in [0.1, 0.15) is 44.2 Å². The number of benzene rings is 2. The van der Waals surface area contributed by atoms with E-state index in [1.54, 1.807) is 13.8 Å². The SMILES string of the molecule is CC1SCC(C(=O)O)N1C(=O)CC(C)(C)NC(=O)OCC1c2ccccc2-c2ccccc21. The molecule has 0 bridgehead atoms. The Balaban J connectivity index is 1.38. The zero-order valence-corrected chi connectivity index (χ0v) is 19.7. The quantitative estimate of drug-likeness (QED) is 0.664. The predicted octanol–water partition coefficient (Wildman–Crippen LogP) is 4.07. The molecule has 2 aromatic rings. The number of ether oxygens (including phenoxy) is 1. The molecule has 8 heteroatoms. The molecule has 0 radical (unpaired) electrons. The first kappa shape index (κ1) is 23.2. The van der Waals surface area contributed by atoms with Crippen LogP contribution < -0.4 is 5.32 Å². The zero-order chi connectivity index (χ0) is 23.8. The van der Waals surface area contributed by atoms with Crippen molar-refractivity contribution in [1.82, 2.24) is 10.2 Å². The number of carboxylic acid groups (broad SMARTS) is 1. The third-order valence-corrected chi connectivity index (χ3v) is 7.39. The van der Waals surface area contributed by atoms with E-state index in [1.807, 2.05) is 31.2 Å². The van der Waals surface area contributed by atoms with Gasteiger partial charge in [0.25, 0.3) is 0 Å². The summed E-state index contributed by atoms with van der Waals surface area (Å²) in [5, 5.41) is 12.0. The standard InChI is InChI=1S/C25H28N2O5S/c1-15-27(21(14-33-15)23(29)30)22(28)12-25(2,3)26-24(31)32-13-20-18-10-6-4-8-16(18)17-9-5-7-11-19(17)20/h4-11,15,20-21H,12-14H2,1-3H3,(H,26,31)(H,29,30). The van der Waals surface area contributed by atoms with Crippen molar-refractivity contribution in [2.75, 3.05) is 12.4 Å². The number of alkyl carbamates (subject to hydrolysis) is 1. The van der Waals surface area contributed by atoms with Crippen LogP contribution >= 0.6 is 11.8 Å². The topological polar surface area (TPSA) is 95.9 Å². The van der Waals surface area contributed by atoms with Crippen LogP contribution in [0.2, 0.25) is 0 Å². The molecule has 1 fully saturated rings. The van der Waals surface area contributed by atoms with Crippen LogP contribution in [0.5, 0.6) is 0 Å². The van der Waals surface area contributed by atoms with Crippen molar-refractivity contribution in [2.45, 2.75) is 50.1 Å². The molecular formula is C25H28N2O5S. The van der Waals surface area contributed by atoms with E-state index in [9.17, 15) is 19.5 Å². The second kappa shape index (κ2) is 9.09. The van der Waals surface area contributed by atoms with Gasteiger partial charge in [-0.25, -0.2) is 9.59 Å². The Hall–Kier alpha value is -3.00. The molecule has 0 spiro atoms. The number of thioether (sulfide) groups is 1. The summed E-state index contributed by atoms with van der Waals surface area (Å²) in [7, 11) is 0. The van der Waals surface area contributed by atoms with Crippen molar-refractivity contribution in [2.24, 2.45) is 0 Å². The van der Waals surface area contributed by atoms with Gasteiger partial charge in [-0.05, 0) is 43.0 Å². The Labute approximate surface area is 197 Å². The fraction of sp³-hybridized carbons (Fsp3) is 0.400. The number of carbonyl (C=O) groups excluding carboxylic acids is 2. The number of hydrogen-bond donors (Lipinski definition) is 2. The minimum atomic E-state index is -1.01. The Morgan fingerprint density at radius 1 is 1.09 bits per heavy atom. The molecule has 0 saturated carbocycles. The molecule has 2 amide bonds. The lowest BCUT2D eigenvalue weighted by atomic mass is 9.98. The molecule has 2 N–H and O–H groups in total. The van der Waals surface area contributed by atoms with E-state index in [2.05, 4.69) is 29.6 Å². The fourth-order valence-electron chi connectivity index (χ4n) is 4.64. The third kappa shape index (κ3) is 4.71. The summed E-state index contributed by atoms with van der Waals surface area (Å²) < 4.78 is 5.59. The first-order chi connectivity index (χ1) is 15.7. The smallest absolute Gasteiger partial charge is 0.407 e. The number of carboxylic acids is 1. The van der Waals surface area contributed by atoms with E-state index in [-0.39, 0.29) is 30.2 Å². The number of nitrogens with zero attached hydrogens (tertiary/aromatic N) is 1. The molecule has 174 valence electrons. The summed E-state index contributed by atoms with van der Waals surface area (Å²) >= 11 is 1.43. The third-order valence-electron chi connectivity index (χ3n) is 6.17. The van der Waals surface area contributed by atoms with Crippen LogP contribution in [-0.2, 0) is 14.3 Å². The van der Waals surface area contributed by atoms with Crippen molar-refractivity contribution < 1.29 is 24.2 Å². The van der Waals surface area contributed by atoms with Gasteiger partial charge in [-0.15, -0.1) is 11.8 Å². The molecule has 2 aromatic carbocycles. The molecule has 4 rings (SSSR count). The van der Waals surface area contributed by atoms with Gasteiger partial charge >= 0.3 is 12.1 Å². The van der Waals surface area contributed by atoms with Gasteiger partial charge < -0.3 is 20.1 Å². The van der Waals surface area contributed by atoms with E-state index in [4.69, 9.17) is 4.74 Å². The molecule has 2 unspecified atom stereocenters. The van der Waals surface area contributed by atoms with Crippen LogP contribution in [0.15, 0.2) is 48.5 Å². The van der Waals surface area contributed by atoms with Gasteiger partial charge in [-0.2, -0.15) is 0 Å². The predicted molar refractivity (Wildman–Crippen MR) is 127 cm³/mol. The lowest BCUT2D eigenvalue weighted by Crippen LogP contribution is -2.51. The molecule has 2 aliphatic rings. The fourth-order valence-corrected chi connectivity index (χ4v) is 5.82. The Morgan fingerprint density at radius 2 is 1.67 bits per heavy atom. The highest BCUT2D eigenvalue weighted by atomic mass is 32.2. The molecule has 1 aliphatic carbocycles. The molecule has 2 atom stereocenters. The Bertz CT molecular complexity index is 1040. The van der Waals surface area contributed by atoms with E-state index in [1.165, 1.54) is 16.7 Å². The van der Waals surface area contributed by atoms with Crippen LogP contribution in [0.3, 0.4) is 0 Å². The molecule has 0 aromatic heterocycles. The lowest BCUT2D eigenvalue weighted by molar-refractivity contribution is -0.149. The summed E-state index contributed by atoms with van der Waals surface area (Å²) in [5.41, 5.74) is 3.66. The van der Waals surface area contributed by atoms with Gasteiger partial charge in [0.1, 0.15) is 12.6 Å². The maximum Gasteiger partial charge on any atom is 0.407 e. The second-order valence-electron chi connectivity index (χ2n) is 9.10. The zero-order valence-electron chi connectivity index (χ0n) is 18.9. The van der Waals surface area contributed by atoms with E-state index in [0.29, 0.717) is 5.75 Å². The van der Waals surface area contributed by atoms with Crippen molar-refractivity contribution in [3.05, 3.63) is 59.7 Å². The number of fused-ring (bicyclic) bond motifs is 3. The largest absolute Gasteiger partial charge is 0.480 e. The number of amides is 2. The maximum atomic E-state index is 12.9. The minimum Gasteiger partial charge on any atom is -0.480 e. The van der Waals surface area contributed by atoms with E-state index >= 15 is 0 Å². The average molecular weight is 469 g/mol. The van der Waals surface area contributed by atoms with Gasteiger partial charge in [0.05, 0.1) is 5.37 Å². The number of rotatable bonds is 6. The lowest BCUT2D eigenvalue weighted by Gasteiger charge is -2.31. The first-order valence-electron chi connectivity index (χ1n) is 11.0. The average Bonchev–Trinajstić information content (AvgIpc) is 3.30. The Kier molecular flexibility index (Phi) is 6.38. The monoisotopic (exact) mass is 468 g/mol. The highest BCUT2D eigenvalue weighted by molar-refractivity contribution is 8.00. The molecular weight excluding hydrogens is 440 g/mol. The molecule has 7 nitrogen and oxygen atoms in total. The molecule has 1 aliphatic heterocycles. The number of aliphatic carboxylic acids is 1. The summed E-state index contributed by atoms with van der Waals surface area (Å²) in [5.74, 6) is -0.999. The van der Waals surface area contributed by atoms with E-state index < -0.39 is 23.6 Å². The highest BCUT2D eigenvalue weighted by Gasteiger charge is 2.41. The van der Waals surface area contributed by atoms with Gasteiger partial charge in [-0.3, -0.25) is 4.79 Å². The second-order valence-corrected chi connectivity index (χ2v) is 10.4. The minimum absolute atomic E-state index is 0.0219. The van der Waals surface area contributed by atoms with Crippen molar-refractivity contribution in [3.8, 4) is 11.1 Å². The molecule has 1 saturated heterocycles. The summed E-state index contributed by atoms with van der Waals surface area (Å²) in [4.78, 5) is 38.4. The van der Waals surface area contributed by atoms with Gasteiger partial charge in [0.15, 0.2) is 0 Å². The van der Waals surface area contributed by atoms with Gasteiger partial charge in [0.2, 0.25) is 5.91 Å². The van der Waals surface area contributed by atoms with Crippen LogP contribution in [0.4, 0.5) is 4.79 Å². The van der Waals surface area contributed by atoms with Crippen LogP contribution in [-0.4, -0.2) is 57.3 Å². The van der Waals surface area contributed by atoms with Crippen LogP contribution in [0.25, 0.3) is 11.1 Å². The maximum absolute atomic E-state index is 12.9. The summed E-state index contributed by atoms with van der Waals surface area (Å²) in [6.45, 7) is 5.47. The van der Waals surface area contributed by atoms with Gasteiger partial charge in [0, 0.05) is 23.6 Å². The summed E-state index contributed by atoms with van der Waals surface area (Å²) in [6.07, 6.45) is -0.625. The van der Waals surface area contributed by atoms with Crippen LogP contribution in [0, 0.1) is 0 Å². The summed E-state index contributed by atoms with van der Waals surface area (Å²) in [6, 6.07) is 15.4. The molecule has 1 heterocycles. The van der Waals surface area contributed by atoms with Crippen molar-refractivity contribution in [3.63, 3.8) is 0 Å². The first-order valence-corrected chi connectivity index (χ1v) is 12.0. The number of hydrogen-bond acceptors (Lipinski definition) is 5. The number of nitrogens with one attached hydrogen (secondary N) is 1.